The molecule has 0 heterocycles. The molecule has 5 heteroatoms. The average Bonchev–Trinajstić information content (AvgIpc) is 2.01. The van der Waals surface area contributed by atoms with Gasteiger partial charge in [0, 0.05) is 13.0 Å². The van der Waals surface area contributed by atoms with Crippen LogP contribution in [-0.2, 0) is 9.22 Å². The van der Waals surface area contributed by atoms with Crippen LogP contribution in [0.2, 0.25) is 18.1 Å². The first-order chi connectivity index (χ1) is 6.58. The van der Waals surface area contributed by atoms with Crippen LogP contribution in [0.3, 0.4) is 0 Å². The third-order valence-corrected chi connectivity index (χ3v) is 7.53. The van der Waals surface area contributed by atoms with Crippen molar-refractivity contribution in [3.63, 3.8) is 0 Å². The number of carbonyl (C=O) groups is 1. The SMILES string of the molecule is CC(C)(C)[Si](C)(C)OCCC(O)C(N)=O. The van der Waals surface area contributed by atoms with Gasteiger partial charge in [-0.3, -0.25) is 4.79 Å². The standard InChI is InChI=1S/C10H23NO3Si/c1-10(2,3)15(4,5)14-7-6-8(12)9(11)13/h8,12H,6-7H2,1-5H3,(H2,11,13). The number of amides is 1. The van der Waals surface area contributed by atoms with E-state index >= 15 is 0 Å². The molecule has 0 fully saturated rings. The van der Waals surface area contributed by atoms with Gasteiger partial charge in [0.15, 0.2) is 8.32 Å². The van der Waals surface area contributed by atoms with E-state index in [-0.39, 0.29) is 11.5 Å². The minimum atomic E-state index is -1.77. The maximum absolute atomic E-state index is 10.6. The van der Waals surface area contributed by atoms with Gasteiger partial charge < -0.3 is 15.3 Å². The molecule has 3 N–H and O–H groups in total. The summed E-state index contributed by atoms with van der Waals surface area (Å²) in [6.07, 6.45) is -0.809. The zero-order valence-corrected chi connectivity index (χ0v) is 11.3. The quantitative estimate of drug-likeness (QED) is 0.702. The molecule has 0 saturated carbocycles. The summed E-state index contributed by atoms with van der Waals surface area (Å²) in [5, 5.41) is 9.33. The zero-order chi connectivity index (χ0) is 12.3. The van der Waals surface area contributed by atoms with Crippen molar-refractivity contribution in [1.29, 1.82) is 0 Å². The topological polar surface area (TPSA) is 72.6 Å². The maximum Gasteiger partial charge on any atom is 0.246 e. The van der Waals surface area contributed by atoms with Crippen molar-refractivity contribution in [3.8, 4) is 0 Å². The molecule has 4 nitrogen and oxygen atoms in total. The average molecular weight is 233 g/mol. The summed E-state index contributed by atoms with van der Waals surface area (Å²) in [7, 11) is -1.77. The van der Waals surface area contributed by atoms with E-state index in [0.29, 0.717) is 6.61 Å². The van der Waals surface area contributed by atoms with Gasteiger partial charge in [0.05, 0.1) is 0 Å². The Labute approximate surface area is 92.9 Å². The Hall–Kier alpha value is -0.393. The summed E-state index contributed by atoms with van der Waals surface area (Å²) in [5.74, 6) is -0.686. The van der Waals surface area contributed by atoms with E-state index in [1.54, 1.807) is 0 Å². The van der Waals surface area contributed by atoms with Crippen molar-refractivity contribution in [2.45, 2.75) is 51.4 Å². The van der Waals surface area contributed by atoms with Crippen LogP contribution in [0.4, 0.5) is 0 Å². The second-order valence-corrected chi connectivity index (χ2v) is 10.1. The Bertz CT molecular complexity index is 223. The molecule has 0 aliphatic rings. The van der Waals surface area contributed by atoms with Gasteiger partial charge >= 0.3 is 0 Å². The maximum atomic E-state index is 10.6. The molecule has 0 aromatic rings. The van der Waals surface area contributed by atoms with Crippen LogP contribution in [0.15, 0.2) is 0 Å². The number of rotatable bonds is 5. The van der Waals surface area contributed by atoms with E-state index in [2.05, 4.69) is 33.9 Å². The van der Waals surface area contributed by atoms with Crippen molar-refractivity contribution in [2.24, 2.45) is 5.73 Å². The van der Waals surface area contributed by atoms with Gasteiger partial charge in [0.2, 0.25) is 5.91 Å². The fraction of sp³-hybridized carbons (Fsp3) is 0.900. The molecule has 0 aromatic carbocycles. The molecule has 0 aliphatic carbocycles. The number of aliphatic hydroxyl groups excluding tert-OH is 1. The van der Waals surface area contributed by atoms with Gasteiger partial charge in [0.25, 0.3) is 0 Å². The van der Waals surface area contributed by atoms with Gasteiger partial charge in [-0.05, 0) is 18.1 Å². The van der Waals surface area contributed by atoms with E-state index < -0.39 is 20.3 Å². The van der Waals surface area contributed by atoms with E-state index in [1.165, 1.54) is 0 Å². The molecule has 0 bridgehead atoms. The summed E-state index contributed by atoms with van der Waals surface area (Å²) in [6.45, 7) is 11.1. The van der Waals surface area contributed by atoms with Crippen LogP contribution < -0.4 is 5.73 Å². The molecule has 1 atom stereocenters. The first kappa shape index (κ1) is 14.6. The lowest BCUT2D eigenvalue weighted by Gasteiger charge is -2.36. The van der Waals surface area contributed by atoms with E-state index in [9.17, 15) is 9.90 Å². The normalized spacial score (nSPS) is 15.1. The molecule has 0 spiro atoms. The second-order valence-electron chi connectivity index (χ2n) is 5.32. The summed E-state index contributed by atoms with van der Waals surface area (Å²) >= 11 is 0. The van der Waals surface area contributed by atoms with Crippen molar-refractivity contribution < 1.29 is 14.3 Å². The highest BCUT2D eigenvalue weighted by molar-refractivity contribution is 6.74. The molecule has 0 rings (SSSR count). The summed E-state index contributed by atoms with van der Waals surface area (Å²) in [6, 6.07) is 0. The molecule has 90 valence electrons. The van der Waals surface area contributed by atoms with Crippen LogP contribution in [0.5, 0.6) is 0 Å². The first-order valence-corrected chi connectivity index (χ1v) is 8.10. The van der Waals surface area contributed by atoms with E-state index in [1.807, 2.05) is 0 Å². The lowest BCUT2D eigenvalue weighted by atomic mass is 10.2. The molecule has 1 amide bonds. The monoisotopic (exact) mass is 233 g/mol. The van der Waals surface area contributed by atoms with Crippen LogP contribution in [-0.4, -0.2) is 32.0 Å². The van der Waals surface area contributed by atoms with Crippen LogP contribution in [0.25, 0.3) is 0 Å². The second kappa shape index (κ2) is 5.09. The molecule has 0 aromatic heterocycles. The fourth-order valence-corrected chi connectivity index (χ4v) is 1.85. The van der Waals surface area contributed by atoms with Crippen LogP contribution >= 0.6 is 0 Å². The number of primary amides is 1. The van der Waals surface area contributed by atoms with Gasteiger partial charge in [0.1, 0.15) is 6.10 Å². The van der Waals surface area contributed by atoms with Gasteiger partial charge in [-0.2, -0.15) is 0 Å². The summed E-state index contributed by atoms with van der Waals surface area (Å²) in [4.78, 5) is 10.6. The summed E-state index contributed by atoms with van der Waals surface area (Å²) < 4.78 is 5.79. The lowest BCUT2D eigenvalue weighted by molar-refractivity contribution is -0.126. The largest absolute Gasteiger partial charge is 0.417 e. The minimum Gasteiger partial charge on any atom is -0.417 e. The van der Waals surface area contributed by atoms with Crippen molar-refractivity contribution in [3.05, 3.63) is 0 Å². The molecular formula is C10H23NO3Si. The van der Waals surface area contributed by atoms with Crippen molar-refractivity contribution in [1.82, 2.24) is 0 Å². The van der Waals surface area contributed by atoms with Gasteiger partial charge in [-0.25, -0.2) is 0 Å². The fourth-order valence-electron chi connectivity index (χ4n) is 0.784. The minimum absolute atomic E-state index is 0.144. The number of nitrogens with two attached hydrogens (primary N) is 1. The Morgan fingerprint density at radius 3 is 2.27 bits per heavy atom. The molecule has 1 unspecified atom stereocenters. The Balaban J connectivity index is 4.01. The predicted octanol–water partition coefficient (Wildman–Crippen LogP) is 1.24. The van der Waals surface area contributed by atoms with Gasteiger partial charge in [-0.15, -0.1) is 0 Å². The molecule has 0 aliphatic heterocycles. The highest BCUT2D eigenvalue weighted by atomic mass is 28.4. The zero-order valence-electron chi connectivity index (χ0n) is 10.3. The van der Waals surface area contributed by atoms with E-state index in [4.69, 9.17) is 10.2 Å². The number of aliphatic hydroxyl groups is 1. The highest BCUT2D eigenvalue weighted by Gasteiger charge is 2.37. The number of hydrogen-bond donors (Lipinski definition) is 2. The van der Waals surface area contributed by atoms with Crippen LogP contribution in [0.1, 0.15) is 27.2 Å². The number of hydrogen-bond acceptors (Lipinski definition) is 3. The lowest BCUT2D eigenvalue weighted by Crippen LogP contribution is -2.42. The van der Waals surface area contributed by atoms with E-state index in [0.717, 1.165) is 0 Å². The van der Waals surface area contributed by atoms with Gasteiger partial charge in [-0.1, -0.05) is 20.8 Å². The predicted molar refractivity (Wildman–Crippen MR) is 63.0 cm³/mol. The first-order valence-electron chi connectivity index (χ1n) is 5.19. The Kier molecular flexibility index (Phi) is 4.96. The third kappa shape index (κ3) is 4.77. The summed E-state index contributed by atoms with van der Waals surface area (Å²) in [5.41, 5.74) is 4.94. The van der Waals surface area contributed by atoms with Crippen LogP contribution in [0, 0.1) is 0 Å². The highest BCUT2D eigenvalue weighted by Crippen LogP contribution is 2.36. The Morgan fingerprint density at radius 2 is 1.93 bits per heavy atom. The smallest absolute Gasteiger partial charge is 0.246 e. The molecular weight excluding hydrogens is 210 g/mol. The number of carbonyl (C=O) groups excluding carboxylic acids is 1. The van der Waals surface area contributed by atoms with Crippen molar-refractivity contribution >= 4 is 14.2 Å². The third-order valence-electron chi connectivity index (χ3n) is 2.99. The van der Waals surface area contributed by atoms with Crippen molar-refractivity contribution in [2.75, 3.05) is 6.61 Å². The molecule has 15 heavy (non-hydrogen) atoms. The molecule has 0 saturated heterocycles. The Morgan fingerprint density at radius 1 is 1.47 bits per heavy atom. The molecule has 0 radical (unpaired) electrons.